The molecular formula is C16H18N2O4. The van der Waals surface area contributed by atoms with E-state index in [1.165, 1.54) is 20.2 Å². The van der Waals surface area contributed by atoms with Crippen molar-refractivity contribution in [1.82, 2.24) is 9.80 Å². The van der Waals surface area contributed by atoms with Crippen LogP contribution >= 0.6 is 0 Å². The van der Waals surface area contributed by atoms with Crippen molar-refractivity contribution in [2.24, 2.45) is 0 Å². The summed E-state index contributed by atoms with van der Waals surface area (Å²) in [5.41, 5.74) is 0.645. The van der Waals surface area contributed by atoms with Crippen molar-refractivity contribution in [2.75, 3.05) is 14.1 Å². The van der Waals surface area contributed by atoms with Crippen LogP contribution in [0.25, 0.3) is 6.08 Å². The lowest BCUT2D eigenvalue weighted by Crippen LogP contribution is -2.52. The second-order valence-corrected chi connectivity index (χ2v) is 5.30. The molecule has 0 saturated carbocycles. The average molecular weight is 302 g/mol. The molecule has 6 heteroatoms. The Hall–Kier alpha value is -2.63. The first-order chi connectivity index (χ1) is 10.3. The molecular weight excluding hydrogens is 284 g/mol. The van der Waals surface area contributed by atoms with Gasteiger partial charge in [0.1, 0.15) is 11.3 Å². The summed E-state index contributed by atoms with van der Waals surface area (Å²) >= 11 is 0. The van der Waals surface area contributed by atoms with Gasteiger partial charge in [-0.25, -0.2) is 4.79 Å². The van der Waals surface area contributed by atoms with Gasteiger partial charge in [0.2, 0.25) is 0 Å². The number of imide groups is 2. The normalized spacial score (nSPS) is 15.7. The Kier molecular flexibility index (Phi) is 4.30. The van der Waals surface area contributed by atoms with E-state index in [0.29, 0.717) is 11.3 Å². The number of nitrogens with zero attached hydrogens (tertiary/aromatic N) is 2. The van der Waals surface area contributed by atoms with Crippen molar-refractivity contribution in [1.29, 1.82) is 0 Å². The van der Waals surface area contributed by atoms with Crippen LogP contribution in [0.2, 0.25) is 0 Å². The third-order valence-electron chi connectivity index (χ3n) is 3.21. The van der Waals surface area contributed by atoms with Gasteiger partial charge >= 0.3 is 6.03 Å². The molecule has 0 aliphatic carbocycles. The Morgan fingerprint density at radius 3 is 1.91 bits per heavy atom. The molecule has 4 amide bonds. The van der Waals surface area contributed by atoms with Gasteiger partial charge in [0.15, 0.2) is 0 Å². The number of ether oxygens (including phenoxy) is 1. The first-order valence-electron chi connectivity index (χ1n) is 6.89. The first-order valence-corrected chi connectivity index (χ1v) is 6.89. The van der Waals surface area contributed by atoms with E-state index in [1.807, 2.05) is 13.8 Å². The zero-order valence-corrected chi connectivity index (χ0v) is 13.0. The molecule has 0 bridgehead atoms. The summed E-state index contributed by atoms with van der Waals surface area (Å²) in [6.07, 6.45) is 1.54. The molecule has 1 heterocycles. The topological polar surface area (TPSA) is 66.9 Å². The number of rotatable bonds is 3. The Balaban J connectivity index is 2.29. The molecule has 0 unspecified atom stereocenters. The molecule has 1 fully saturated rings. The van der Waals surface area contributed by atoms with Gasteiger partial charge in [-0.15, -0.1) is 0 Å². The Morgan fingerprint density at radius 1 is 0.955 bits per heavy atom. The minimum atomic E-state index is -0.632. The second-order valence-electron chi connectivity index (χ2n) is 5.30. The van der Waals surface area contributed by atoms with Crippen LogP contribution in [0.5, 0.6) is 5.75 Å². The van der Waals surface area contributed by atoms with Crippen LogP contribution in [0.4, 0.5) is 4.79 Å². The third kappa shape index (κ3) is 3.00. The largest absolute Gasteiger partial charge is 0.491 e. The van der Waals surface area contributed by atoms with Crippen LogP contribution in [0.15, 0.2) is 29.8 Å². The zero-order chi connectivity index (χ0) is 16.4. The predicted molar refractivity (Wildman–Crippen MR) is 81.1 cm³/mol. The van der Waals surface area contributed by atoms with Crippen molar-refractivity contribution >= 4 is 23.9 Å². The van der Waals surface area contributed by atoms with E-state index in [-0.39, 0.29) is 11.7 Å². The molecule has 116 valence electrons. The summed E-state index contributed by atoms with van der Waals surface area (Å²) in [5, 5.41) is 0. The average Bonchev–Trinajstić information content (AvgIpc) is 2.49. The molecule has 0 atom stereocenters. The smallest absolute Gasteiger partial charge is 0.333 e. The zero-order valence-electron chi connectivity index (χ0n) is 13.0. The van der Waals surface area contributed by atoms with Crippen molar-refractivity contribution in [2.45, 2.75) is 20.0 Å². The number of carbonyl (C=O) groups is 3. The van der Waals surface area contributed by atoms with Crippen LogP contribution < -0.4 is 4.74 Å². The monoisotopic (exact) mass is 302 g/mol. The lowest BCUT2D eigenvalue weighted by atomic mass is 10.1. The highest BCUT2D eigenvalue weighted by Crippen LogP contribution is 2.20. The minimum absolute atomic E-state index is 0.0397. The molecule has 0 aromatic heterocycles. The summed E-state index contributed by atoms with van der Waals surface area (Å²) in [6, 6.07) is 6.40. The maximum absolute atomic E-state index is 12.1. The highest BCUT2D eigenvalue weighted by atomic mass is 16.5. The highest BCUT2D eigenvalue weighted by Gasteiger charge is 2.37. The molecule has 1 aromatic carbocycles. The standard InChI is InChI=1S/C16H18N2O4/c1-10(2)22-12-7-5-11(6-8-12)9-13-14(19)17(3)16(21)18(4)15(13)20/h5-10H,1-4H3. The minimum Gasteiger partial charge on any atom is -0.491 e. The molecule has 6 nitrogen and oxygen atoms in total. The van der Waals surface area contributed by atoms with Crippen LogP contribution in [-0.2, 0) is 9.59 Å². The third-order valence-corrected chi connectivity index (χ3v) is 3.21. The summed E-state index contributed by atoms with van der Waals surface area (Å²) in [6.45, 7) is 3.86. The van der Waals surface area contributed by atoms with Crippen molar-refractivity contribution < 1.29 is 19.1 Å². The van der Waals surface area contributed by atoms with E-state index in [4.69, 9.17) is 4.74 Å². The fourth-order valence-electron chi connectivity index (χ4n) is 2.06. The van der Waals surface area contributed by atoms with E-state index < -0.39 is 17.8 Å². The lowest BCUT2D eigenvalue weighted by Gasteiger charge is -2.28. The number of barbiturate groups is 1. The number of hydrogen-bond donors (Lipinski definition) is 0. The summed E-state index contributed by atoms with van der Waals surface area (Å²) in [5.74, 6) is -0.492. The summed E-state index contributed by atoms with van der Waals surface area (Å²) in [7, 11) is 2.70. The molecule has 0 radical (unpaired) electrons. The fraction of sp³-hybridized carbons (Fsp3) is 0.312. The second kappa shape index (κ2) is 6.01. The van der Waals surface area contributed by atoms with Gasteiger partial charge in [0.05, 0.1) is 6.10 Å². The van der Waals surface area contributed by atoms with Crippen LogP contribution in [0.3, 0.4) is 0 Å². The predicted octanol–water partition coefficient (Wildman–Crippen LogP) is 1.91. The van der Waals surface area contributed by atoms with Crippen molar-refractivity contribution in [3.63, 3.8) is 0 Å². The van der Waals surface area contributed by atoms with E-state index >= 15 is 0 Å². The highest BCUT2D eigenvalue weighted by molar-refractivity contribution is 6.30. The maximum atomic E-state index is 12.1. The van der Waals surface area contributed by atoms with E-state index in [2.05, 4.69) is 0 Å². The molecule has 0 N–H and O–H groups in total. The molecule has 1 aliphatic heterocycles. The molecule has 1 aromatic rings. The van der Waals surface area contributed by atoms with Crippen LogP contribution in [0.1, 0.15) is 19.4 Å². The quantitative estimate of drug-likeness (QED) is 0.632. The van der Waals surface area contributed by atoms with Gasteiger partial charge < -0.3 is 4.74 Å². The Bertz CT molecular complexity index is 621. The van der Waals surface area contributed by atoms with Crippen LogP contribution in [0, 0.1) is 0 Å². The van der Waals surface area contributed by atoms with Gasteiger partial charge in [0, 0.05) is 14.1 Å². The van der Waals surface area contributed by atoms with Crippen LogP contribution in [-0.4, -0.2) is 47.8 Å². The molecule has 22 heavy (non-hydrogen) atoms. The van der Waals surface area contributed by atoms with E-state index in [1.54, 1.807) is 24.3 Å². The SMILES string of the molecule is CC(C)Oc1ccc(C=C2C(=O)N(C)C(=O)N(C)C2=O)cc1. The molecule has 0 spiro atoms. The number of likely N-dealkylation sites (N-methyl/N-ethyl adjacent to an activating group) is 2. The van der Waals surface area contributed by atoms with Gasteiger partial charge in [0.25, 0.3) is 11.8 Å². The van der Waals surface area contributed by atoms with Crippen molar-refractivity contribution in [3.8, 4) is 5.75 Å². The molecule has 2 rings (SSSR count). The summed E-state index contributed by atoms with van der Waals surface area (Å²) < 4.78 is 5.53. The van der Waals surface area contributed by atoms with E-state index in [9.17, 15) is 14.4 Å². The Morgan fingerprint density at radius 2 is 1.45 bits per heavy atom. The van der Waals surface area contributed by atoms with Crippen molar-refractivity contribution in [3.05, 3.63) is 35.4 Å². The first kappa shape index (κ1) is 15.8. The lowest BCUT2D eigenvalue weighted by molar-refractivity contribution is -0.134. The van der Waals surface area contributed by atoms with Gasteiger partial charge in [-0.05, 0) is 37.6 Å². The van der Waals surface area contributed by atoms with Gasteiger partial charge in [-0.2, -0.15) is 0 Å². The van der Waals surface area contributed by atoms with Gasteiger partial charge in [-0.1, -0.05) is 12.1 Å². The number of urea groups is 1. The number of amides is 4. The summed E-state index contributed by atoms with van der Waals surface area (Å²) in [4.78, 5) is 37.6. The van der Waals surface area contributed by atoms with E-state index in [0.717, 1.165) is 9.80 Å². The number of carbonyl (C=O) groups excluding carboxylic acids is 3. The fourth-order valence-corrected chi connectivity index (χ4v) is 2.06. The van der Waals surface area contributed by atoms with Gasteiger partial charge in [-0.3, -0.25) is 19.4 Å². The molecule has 1 aliphatic rings. The maximum Gasteiger partial charge on any atom is 0.333 e. The molecule has 1 saturated heterocycles. The number of benzene rings is 1. The Labute approximate surface area is 129 Å². The number of hydrogen-bond acceptors (Lipinski definition) is 4.